The Kier molecular flexibility index (Phi) is 5.26. The predicted molar refractivity (Wildman–Crippen MR) is 114 cm³/mol. The van der Waals surface area contributed by atoms with Crippen LogP contribution >= 0.6 is 0 Å². The van der Waals surface area contributed by atoms with Gasteiger partial charge in [0.2, 0.25) is 18.6 Å². The van der Waals surface area contributed by atoms with Gasteiger partial charge in [-0.1, -0.05) is 6.07 Å². The molecule has 0 saturated carbocycles. The number of furan rings is 1. The van der Waals surface area contributed by atoms with Crippen LogP contribution in [0.2, 0.25) is 0 Å². The topological polar surface area (TPSA) is 102 Å². The second kappa shape index (κ2) is 8.03. The molecule has 1 aliphatic heterocycles. The molecule has 0 fully saturated rings. The lowest BCUT2D eigenvalue weighted by Crippen LogP contribution is -2.19. The maximum Gasteiger partial charge on any atom is 0.244 e. The number of carbonyl (C=O) groups excluding carboxylic acids is 1. The Morgan fingerprint density at radius 2 is 2.00 bits per heavy atom. The Labute approximate surface area is 179 Å². The zero-order chi connectivity index (χ0) is 22.1. The van der Waals surface area contributed by atoms with E-state index in [1.165, 1.54) is 0 Å². The standard InChI is InChI=1S/C23H22N4O4/c1-13-7-18(15(3)27(13)23-19(10-24)14(2)16(4)31-23)11-25-26-22(28)9-17-5-6-20-21(8-17)30-12-29-20/h5-8,11H,9,12H2,1-4H3,(H,26,28)/b25-11-. The summed E-state index contributed by atoms with van der Waals surface area (Å²) in [5, 5.41) is 13.6. The van der Waals surface area contributed by atoms with E-state index in [1.807, 2.05) is 44.4 Å². The fraction of sp³-hybridized carbons (Fsp3) is 0.261. The number of benzene rings is 1. The number of amides is 1. The smallest absolute Gasteiger partial charge is 0.244 e. The average Bonchev–Trinajstić information content (AvgIpc) is 3.38. The Morgan fingerprint density at radius 1 is 1.23 bits per heavy atom. The van der Waals surface area contributed by atoms with E-state index in [0.29, 0.717) is 28.7 Å². The van der Waals surface area contributed by atoms with Gasteiger partial charge < -0.3 is 13.9 Å². The molecule has 8 heteroatoms. The third kappa shape index (κ3) is 3.78. The van der Waals surface area contributed by atoms with Crippen LogP contribution in [0.1, 0.15) is 39.4 Å². The fourth-order valence-corrected chi connectivity index (χ4v) is 3.58. The van der Waals surface area contributed by atoms with Crippen LogP contribution in [0, 0.1) is 39.0 Å². The van der Waals surface area contributed by atoms with Gasteiger partial charge in [-0.05, 0) is 51.5 Å². The molecule has 8 nitrogen and oxygen atoms in total. The number of aromatic nitrogens is 1. The Hall–Kier alpha value is -3.99. The van der Waals surface area contributed by atoms with Crippen molar-refractivity contribution in [2.75, 3.05) is 6.79 Å². The fourth-order valence-electron chi connectivity index (χ4n) is 3.58. The number of rotatable bonds is 5. The molecule has 0 radical (unpaired) electrons. The molecular formula is C23H22N4O4. The van der Waals surface area contributed by atoms with Gasteiger partial charge in [-0.3, -0.25) is 9.36 Å². The Morgan fingerprint density at radius 3 is 2.77 bits per heavy atom. The zero-order valence-corrected chi connectivity index (χ0v) is 17.8. The van der Waals surface area contributed by atoms with Crippen LogP contribution in [0.5, 0.6) is 11.5 Å². The van der Waals surface area contributed by atoms with Gasteiger partial charge in [-0.25, -0.2) is 5.43 Å². The van der Waals surface area contributed by atoms with E-state index in [-0.39, 0.29) is 19.1 Å². The molecule has 2 aromatic heterocycles. The van der Waals surface area contributed by atoms with Crippen LogP contribution in [0.25, 0.3) is 5.88 Å². The van der Waals surface area contributed by atoms with E-state index < -0.39 is 0 Å². The first kappa shape index (κ1) is 20.3. The molecule has 3 heterocycles. The molecule has 158 valence electrons. The van der Waals surface area contributed by atoms with E-state index in [4.69, 9.17) is 13.9 Å². The summed E-state index contributed by atoms with van der Waals surface area (Å²) < 4.78 is 18.3. The maximum atomic E-state index is 12.3. The number of hydrogen-bond donors (Lipinski definition) is 1. The summed E-state index contributed by atoms with van der Waals surface area (Å²) in [6.45, 7) is 7.74. The van der Waals surface area contributed by atoms with Gasteiger partial charge in [0, 0.05) is 22.5 Å². The van der Waals surface area contributed by atoms with Crippen LogP contribution in [-0.4, -0.2) is 23.5 Å². The Bertz CT molecular complexity index is 1240. The number of nitriles is 1. The van der Waals surface area contributed by atoms with Crippen molar-refractivity contribution in [3.05, 3.63) is 63.7 Å². The van der Waals surface area contributed by atoms with Crippen LogP contribution < -0.4 is 14.9 Å². The first-order valence-electron chi connectivity index (χ1n) is 9.79. The van der Waals surface area contributed by atoms with Crippen molar-refractivity contribution in [3.63, 3.8) is 0 Å². The molecule has 0 spiro atoms. The van der Waals surface area contributed by atoms with Gasteiger partial charge in [0.15, 0.2) is 11.5 Å². The van der Waals surface area contributed by atoms with Gasteiger partial charge in [0.25, 0.3) is 0 Å². The first-order valence-corrected chi connectivity index (χ1v) is 9.79. The zero-order valence-electron chi connectivity index (χ0n) is 17.8. The Balaban J connectivity index is 1.48. The number of ether oxygens (including phenoxy) is 2. The lowest BCUT2D eigenvalue weighted by atomic mass is 10.1. The highest BCUT2D eigenvalue weighted by Gasteiger charge is 2.20. The minimum Gasteiger partial charge on any atom is -0.454 e. The molecule has 1 aromatic carbocycles. The van der Waals surface area contributed by atoms with Crippen molar-refractivity contribution in [1.29, 1.82) is 5.26 Å². The quantitative estimate of drug-likeness (QED) is 0.504. The largest absolute Gasteiger partial charge is 0.454 e. The third-order valence-electron chi connectivity index (χ3n) is 5.35. The minimum atomic E-state index is -0.243. The molecule has 3 aromatic rings. The van der Waals surface area contributed by atoms with Crippen LogP contribution in [0.3, 0.4) is 0 Å². The summed E-state index contributed by atoms with van der Waals surface area (Å²) in [6.07, 6.45) is 1.76. The monoisotopic (exact) mass is 418 g/mol. The van der Waals surface area contributed by atoms with Gasteiger partial charge in [-0.15, -0.1) is 0 Å². The summed E-state index contributed by atoms with van der Waals surface area (Å²) in [4.78, 5) is 12.3. The molecule has 0 bridgehead atoms. The average molecular weight is 418 g/mol. The minimum absolute atomic E-state index is 0.170. The van der Waals surface area contributed by atoms with Crippen molar-refractivity contribution in [2.24, 2.45) is 5.10 Å². The molecule has 4 rings (SSSR count). The third-order valence-corrected chi connectivity index (χ3v) is 5.35. The number of hydrogen-bond acceptors (Lipinski definition) is 6. The molecule has 31 heavy (non-hydrogen) atoms. The van der Waals surface area contributed by atoms with Crippen molar-refractivity contribution in [1.82, 2.24) is 9.99 Å². The maximum absolute atomic E-state index is 12.3. The first-order chi connectivity index (χ1) is 14.9. The van der Waals surface area contributed by atoms with Gasteiger partial charge >= 0.3 is 0 Å². The van der Waals surface area contributed by atoms with E-state index in [2.05, 4.69) is 16.6 Å². The molecule has 0 saturated heterocycles. The van der Waals surface area contributed by atoms with Crippen molar-refractivity contribution in [3.8, 4) is 23.5 Å². The highest BCUT2D eigenvalue weighted by Crippen LogP contribution is 2.32. The molecule has 0 unspecified atom stereocenters. The molecule has 1 aliphatic rings. The van der Waals surface area contributed by atoms with E-state index in [9.17, 15) is 10.1 Å². The summed E-state index contributed by atoms with van der Waals surface area (Å²) in [5.41, 5.74) is 7.28. The van der Waals surface area contributed by atoms with Gasteiger partial charge in [0.05, 0.1) is 12.6 Å². The number of carbonyl (C=O) groups is 1. The number of hydrazone groups is 1. The number of nitrogens with zero attached hydrogens (tertiary/aromatic N) is 3. The highest BCUT2D eigenvalue weighted by atomic mass is 16.7. The summed E-state index contributed by atoms with van der Waals surface area (Å²) in [6, 6.07) is 9.55. The second-order valence-electron chi connectivity index (χ2n) is 7.39. The van der Waals surface area contributed by atoms with E-state index in [1.54, 1.807) is 18.3 Å². The number of aryl methyl sites for hydroxylation is 2. The van der Waals surface area contributed by atoms with Crippen molar-refractivity contribution in [2.45, 2.75) is 34.1 Å². The van der Waals surface area contributed by atoms with Crippen molar-refractivity contribution < 1.29 is 18.7 Å². The molecular weight excluding hydrogens is 396 g/mol. The highest BCUT2D eigenvalue weighted by molar-refractivity contribution is 5.85. The van der Waals surface area contributed by atoms with Crippen LogP contribution in [0.4, 0.5) is 0 Å². The summed E-state index contributed by atoms with van der Waals surface area (Å²) in [7, 11) is 0. The van der Waals surface area contributed by atoms with Crippen LogP contribution in [-0.2, 0) is 11.2 Å². The lowest BCUT2D eigenvalue weighted by molar-refractivity contribution is -0.120. The summed E-state index contributed by atoms with van der Waals surface area (Å²) in [5.74, 6) is 2.29. The molecule has 1 N–H and O–H groups in total. The predicted octanol–water partition coefficient (Wildman–Crippen LogP) is 3.60. The summed E-state index contributed by atoms with van der Waals surface area (Å²) >= 11 is 0. The van der Waals surface area contributed by atoms with Crippen LogP contribution in [0.15, 0.2) is 33.8 Å². The SMILES string of the molecule is Cc1oc(-n2c(C)cc(/C=N\NC(=O)Cc3ccc4c(c3)OCO4)c2C)c(C#N)c1C. The molecule has 1 amide bonds. The molecule has 0 aliphatic carbocycles. The van der Waals surface area contributed by atoms with E-state index in [0.717, 1.165) is 28.1 Å². The van der Waals surface area contributed by atoms with Gasteiger partial charge in [-0.2, -0.15) is 10.4 Å². The number of nitrogens with one attached hydrogen (secondary N) is 1. The normalized spacial score (nSPS) is 12.4. The molecule has 0 atom stereocenters. The number of fused-ring (bicyclic) bond motifs is 1. The lowest BCUT2D eigenvalue weighted by Gasteiger charge is -2.06. The van der Waals surface area contributed by atoms with E-state index >= 15 is 0 Å². The van der Waals surface area contributed by atoms with Gasteiger partial charge in [0.1, 0.15) is 17.4 Å². The van der Waals surface area contributed by atoms with Crippen molar-refractivity contribution >= 4 is 12.1 Å². The second-order valence-corrected chi connectivity index (χ2v) is 7.39.